The van der Waals surface area contributed by atoms with E-state index in [1.165, 1.54) is 0 Å². The molecule has 5 heteroatoms. The van der Waals surface area contributed by atoms with E-state index in [0.29, 0.717) is 25.2 Å². The number of nitrogens with two attached hydrogens (primary N) is 1. The maximum absolute atomic E-state index is 5.93. The lowest BCUT2D eigenvalue weighted by Gasteiger charge is -2.23. The van der Waals surface area contributed by atoms with Crippen molar-refractivity contribution in [1.29, 1.82) is 0 Å². The number of hydrogen-bond acceptors (Lipinski definition) is 3. The van der Waals surface area contributed by atoms with Gasteiger partial charge < -0.3 is 20.5 Å². The summed E-state index contributed by atoms with van der Waals surface area (Å²) in [5.41, 5.74) is 6.97. The lowest BCUT2D eigenvalue weighted by atomic mass is 9.84. The van der Waals surface area contributed by atoms with Crippen LogP contribution in [0.15, 0.2) is 23.2 Å². The zero-order chi connectivity index (χ0) is 16.2. The van der Waals surface area contributed by atoms with Gasteiger partial charge in [-0.15, -0.1) is 0 Å². The van der Waals surface area contributed by atoms with Gasteiger partial charge in [-0.3, -0.25) is 4.99 Å². The number of rotatable bonds is 6. The molecule has 1 heterocycles. The molecule has 3 N–H and O–H groups in total. The van der Waals surface area contributed by atoms with Crippen molar-refractivity contribution >= 4 is 5.96 Å². The standard InChI is InChI=1S/C17H27N3O2/c1-12(2)7-8-19-16(18)20-10-17(3,4)13-5-6-14-15(9-13)22-11-21-14/h5-6,9,12H,7-8,10-11H2,1-4H3,(H3,18,19,20). The molecule has 0 saturated heterocycles. The Balaban J connectivity index is 1.95. The number of hydrogen-bond donors (Lipinski definition) is 2. The highest BCUT2D eigenvalue weighted by molar-refractivity contribution is 5.77. The van der Waals surface area contributed by atoms with E-state index >= 15 is 0 Å². The number of aliphatic imine (C=N–C) groups is 1. The Bertz CT molecular complexity index is 539. The zero-order valence-electron chi connectivity index (χ0n) is 14.0. The molecule has 0 unspecified atom stereocenters. The predicted molar refractivity (Wildman–Crippen MR) is 89.5 cm³/mol. The summed E-state index contributed by atoms with van der Waals surface area (Å²) in [6.07, 6.45) is 1.09. The topological polar surface area (TPSA) is 68.9 Å². The fraction of sp³-hybridized carbons (Fsp3) is 0.588. The molecule has 0 amide bonds. The minimum absolute atomic E-state index is 0.120. The fourth-order valence-corrected chi connectivity index (χ4v) is 2.24. The molecule has 122 valence electrons. The number of guanidine groups is 1. The molecule has 0 aliphatic carbocycles. The van der Waals surface area contributed by atoms with E-state index in [0.717, 1.165) is 30.0 Å². The second-order valence-electron chi connectivity index (χ2n) is 6.76. The zero-order valence-corrected chi connectivity index (χ0v) is 14.0. The summed E-state index contributed by atoms with van der Waals surface area (Å²) >= 11 is 0. The molecule has 0 aromatic heterocycles. The maximum atomic E-state index is 5.93. The van der Waals surface area contributed by atoms with Gasteiger partial charge >= 0.3 is 0 Å². The van der Waals surface area contributed by atoms with Crippen LogP contribution in [0.25, 0.3) is 0 Å². The van der Waals surface area contributed by atoms with E-state index < -0.39 is 0 Å². The first-order valence-electron chi connectivity index (χ1n) is 7.82. The smallest absolute Gasteiger partial charge is 0.231 e. The van der Waals surface area contributed by atoms with Gasteiger partial charge in [0.15, 0.2) is 17.5 Å². The molecule has 0 bridgehead atoms. The fourth-order valence-electron chi connectivity index (χ4n) is 2.24. The summed E-state index contributed by atoms with van der Waals surface area (Å²) in [6, 6.07) is 6.04. The van der Waals surface area contributed by atoms with Crippen molar-refractivity contribution in [3.05, 3.63) is 23.8 Å². The van der Waals surface area contributed by atoms with Crippen LogP contribution in [0.5, 0.6) is 11.5 Å². The summed E-state index contributed by atoms with van der Waals surface area (Å²) in [5.74, 6) is 2.77. The third-order valence-electron chi connectivity index (χ3n) is 3.83. The highest BCUT2D eigenvalue weighted by Crippen LogP contribution is 2.36. The number of nitrogens with zero attached hydrogens (tertiary/aromatic N) is 1. The Morgan fingerprint density at radius 3 is 2.77 bits per heavy atom. The summed E-state index contributed by atoms with van der Waals surface area (Å²) < 4.78 is 10.8. The Morgan fingerprint density at radius 2 is 2.05 bits per heavy atom. The van der Waals surface area contributed by atoms with Gasteiger partial charge in [-0.25, -0.2) is 0 Å². The van der Waals surface area contributed by atoms with Crippen LogP contribution in [-0.2, 0) is 5.41 Å². The van der Waals surface area contributed by atoms with Crippen LogP contribution < -0.4 is 20.5 Å². The summed E-state index contributed by atoms with van der Waals surface area (Å²) in [5, 5.41) is 3.16. The molecule has 0 atom stereocenters. The van der Waals surface area contributed by atoms with Gasteiger partial charge in [0.25, 0.3) is 0 Å². The van der Waals surface area contributed by atoms with E-state index in [1.807, 2.05) is 12.1 Å². The van der Waals surface area contributed by atoms with Crippen molar-refractivity contribution in [3.63, 3.8) is 0 Å². The highest BCUT2D eigenvalue weighted by Gasteiger charge is 2.23. The van der Waals surface area contributed by atoms with Crippen LogP contribution in [0.3, 0.4) is 0 Å². The minimum Gasteiger partial charge on any atom is -0.454 e. The van der Waals surface area contributed by atoms with E-state index in [9.17, 15) is 0 Å². The van der Waals surface area contributed by atoms with Gasteiger partial charge in [-0.1, -0.05) is 33.8 Å². The number of ether oxygens (including phenoxy) is 2. The van der Waals surface area contributed by atoms with Crippen LogP contribution in [-0.4, -0.2) is 25.8 Å². The molecule has 1 aliphatic heterocycles. The van der Waals surface area contributed by atoms with E-state index in [4.69, 9.17) is 15.2 Å². The molecular formula is C17H27N3O2. The van der Waals surface area contributed by atoms with Gasteiger partial charge in [0.2, 0.25) is 6.79 Å². The van der Waals surface area contributed by atoms with Gasteiger partial charge in [0, 0.05) is 12.0 Å². The van der Waals surface area contributed by atoms with Crippen molar-refractivity contribution in [2.45, 2.75) is 39.5 Å². The van der Waals surface area contributed by atoms with Crippen molar-refractivity contribution in [2.24, 2.45) is 16.6 Å². The molecule has 1 aliphatic rings. The van der Waals surface area contributed by atoms with Crippen LogP contribution in [0.2, 0.25) is 0 Å². The van der Waals surface area contributed by atoms with Crippen LogP contribution in [0.1, 0.15) is 39.7 Å². The second kappa shape index (κ2) is 6.90. The first-order chi connectivity index (χ1) is 10.4. The number of nitrogens with one attached hydrogen (secondary N) is 1. The quantitative estimate of drug-likeness (QED) is 0.626. The average Bonchev–Trinajstić information content (AvgIpc) is 2.92. The minimum atomic E-state index is -0.120. The second-order valence-corrected chi connectivity index (χ2v) is 6.76. The lowest BCUT2D eigenvalue weighted by molar-refractivity contribution is 0.174. The molecule has 0 spiro atoms. The molecule has 1 aromatic carbocycles. The van der Waals surface area contributed by atoms with Crippen LogP contribution in [0, 0.1) is 5.92 Å². The molecule has 5 nitrogen and oxygen atoms in total. The van der Waals surface area contributed by atoms with Gasteiger partial charge in [-0.2, -0.15) is 0 Å². The van der Waals surface area contributed by atoms with Crippen molar-refractivity contribution in [3.8, 4) is 11.5 Å². The predicted octanol–water partition coefficient (Wildman–Crippen LogP) is 2.64. The normalized spacial score (nSPS) is 14.5. The molecule has 0 fully saturated rings. The Kier molecular flexibility index (Phi) is 5.16. The Hall–Kier alpha value is -1.91. The van der Waals surface area contributed by atoms with E-state index in [-0.39, 0.29) is 5.41 Å². The molecule has 1 aromatic rings. The monoisotopic (exact) mass is 305 g/mol. The Morgan fingerprint density at radius 1 is 1.32 bits per heavy atom. The summed E-state index contributed by atoms with van der Waals surface area (Å²) in [6.45, 7) is 10.5. The first-order valence-corrected chi connectivity index (χ1v) is 7.82. The summed E-state index contributed by atoms with van der Waals surface area (Å²) in [7, 11) is 0. The highest BCUT2D eigenvalue weighted by atomic mass is 16.7. The summed E-state index contributed by atoms with van der Waals surface area (Å²) in [4.78, 5) is 4.47. The maximum Gasteiger partial charge on any atom is 0.231 e. The van der Waals surface area contributed by atoms with Gasteiger partial charge in [-0.05, 0) is 30.0 Å². The lowest BCUT2D eigenvalue weighted by Crippen LogP contribution is -2.34. The third-order valence-corrected chi connectivity index (χ3v) is 3.83. The average molecular weight is 305 g/mol. The number of fused-ring (bicyclic) bond motifs is 1. The molecule has 22 heavy (non-hydrogen) atoms. The van der Waals surface area contributed by atoms with Crippen molar-refractivity contribution in [2.75, 3.05) is 19.9 Å². The molecule has 0 saturated carbocycles. The number of benzene rings is 1. The van der Waals surface area contributed by atoms with E-state index in [1.54, 1.807) is 0 Å². The van der Waals surface area contributed by atoms with Crippen LogP contribution in [0.4, 0.5) is 0 Å². The molecular weight excluding hydrogens is 278 g/mol. The van der Waals surface area contributed by atoms with Crippen molar-refractivity contribution < 1.29 is 9.47 Å². The largest absolute Gasteiger partial charge is 0.454 e. The third kappa shape index (κ3) is 4.29. The van der Waals surface area contributed by atoms with Gasteiger partial charge in [0.1, 0.15) is 0 Å². The van der Waals surface area contributed by atoms with Crippen LogP contribution >= 0.6 is 0 Å². The van der Waals surface area contributed by atoms with Crippen molar-refractivity contribution in [1.82, 2.24) is 5.32 Å². The van der Waals surface area contributed by atoms with Gasteiger partial charge in [0.05, 0.1) is 6.54 Å². The Labute approximate surface area is 132 Å². The molecule has 2 rings (SSSR count). The first kappa shape index (κ1) is 16.5. The molecule has 0 radical (unpaired) electrons. The van der Waals surface area contributed by atoms with E-state index in [2.05, 4.69) is 44.1 Å². The SMILES string of the molecule is CC(C)CCNC(N)=NCC(C)(C)c1ccc2c(c1)OCO2.